The van der Waals surface area contributed by atoms with Gasteiger partial charge < -0.3 is 5.73 Å². The van der Waals surface area contributed by atoms with Gasteiger partial charge in [0.25, 0.3) is 0 Å². The Kier molecular flexibility index (Phi) is 4.68. The van der Waals surface area contributed by atoms with E-state index in [9.17, 15) is 13.2 Å². The predicted octanol–water partition coefficient (Wildman–Crippen LogP) is 4.49. The molecule has 4 heteroatoms. The molecule has 1 nitrogen and oxygen atoms in total. The smallest absolute Gasteiger partial charge is 0.330 e. The topological polar surface area (TPSA) is 26.0 Å². The highest BCUT2D eigenvalue weighted by atomic mass is 19.4. The molecule has 1 unspecified atom stereocenters. The molecule has 1 atom stereocenters. The quantitative estimate of drug-likeness (QED) is 0.882. The van der Waals surface area contributed by atoms with E-state index in [1.807, 2.05) is 31.2 Å². The van der Waals surface area contributed by atoms with Gasteiger partial charge in [0.1, 0.15) is 0 Å². The molecule has 2 aromatic carbocycles. The Bertz CT molecular complexity index is 570. The molecule has 21 heavy (non-hydrogen) atoms. The molecule has 0 fully saturated rings. The van der Waals surface area contributed by atoms with Gasteiger partial charge in [-0.15, -0.1) is 0 Å². The van der Waals surface area contributed by atoms with Crippen LogP contribution in [0.1, 0.15) is 34.6 Å². The number of aryl methyl sites for hydroxylation is 1. The van der Waals surface area contributed by atoms with Gasteiger partial charge in [-0.25, -0.2) is 0 Å². The summed E-state index contributed by atoms with van der Waals surface area (Å²) in [5.41, 5.74) is 8.11. The van der Waals surface area contributed by atoms with E-state index in [0.717, 1.165) is 28.8 Å². The van der Waals surface area contributed by atoms with Crippen molar-refractivity contribution in [1.29, 1.82) is 0 Å². The van der Waals surface area contributed by atoms with Crippen molar-refractivity contribution in [2.45, 2.75) is 25.4 Å². The van der Waals surface area contributed by atoms with Crippen LogP contribution in [0.15, 0.2) is 48.5 Å². The van der Waals surface area contributed by atoms with Gasteiger partial charge in [-0.05, 0) is 43.1 Å². The number of hydrogen-bond acceptors (Lipinski definition) is 1. The van der Waals surface area contributed by atoms with Crippen LogP contribution in [-0.2, 0) is 6.18 Å². The SMILES string of the molecule is Cc1ccc(C(CCN)c2ccc(C(F)(F)F)cc2)cc1. The second-order valence-electron chi connectivity index (χ2n) is 5.16. The number of alkyl halides is 3. The minimum absolute atomic E-state index is 0.0258. The molecule has 2 aromatic rings. The molecular weight excluding hydrogens is 275 g/mol. The lowest BCUT2D eigenvalue weighted by molar-refractivity contribution is -0.137. The zero-order valence-electron chi connectivity index (χ0n) is 11.8. The zero-order valence-corrected chi connectivity index (χ0v) is 11.8. The molecule has 0 aliphatic heterocycles. The lowest BCUT2D eigenvalue weighted by Gasteiger charge is -2.18. The van der Waals surface area contributed by atoms with Crippen molar-refractivity contribution < 1.29 is 13.2 Å². The zero-order chi connectivity index (χ0) is 15.5. The van der Waals surface area contributed by atoms with E-state index in [-0.39, 0.29) is 5.92 Å². The van der Waals surface area contributed by atoms with E-state index in [0.29, 0.717) is 13.0 Å². The molecule has 0 bridgehead atoms. The summed E-state index contributed by atoms with van der Waals surface area (Å²) in [6.45, 7) is 2.49. The third-order valence-corrected chi connectivity index (χ3v) is 3.58. The van der Waals surface area contributed by atoms with Crippen LogP contribution in [0, 0.1) is 6.92 Å². The van der Waals surface area contributed by atoms with Gasteiger partial charge in [-0.2, -0.15) is 13.2 Å². The molecule has 2 rings (SSSR count). The molecule has 0 heterocycles. The van der Waals surface area contributed by atoms with E-state index in [1.165, 1.54) is 0 Å². The molecule has 0 saturated heterocycles. The van der Waals surface area contributed by atoms with Crippen molar-refractivity contribution in [3.05, 3.63) is 70.8 Å². The van der Waals surface area contributed by atoms with Gasteiger partial charge in [0.2, 0.25) is 0 Å². The first kappa shape index (κ1) is 15.6. The first-order chi connectivity index (χ1) is 9.91. The summed E-state index contributed by atoms with van der Waals surface area (Å²) < 4.78 is 37.8. The molecule has 0 radical (unpaired) electrons. The molecule has 0 aromatic heterocycles. The number of rotatable bonds is 4. The van der Waals surface area contributed by atoms with E-state index >= 15 is 0 Å². The van der Waals surface area contributed by atoms with Crippen molar-refractivity contribution in [2.75, 3.05) is 6.54 Å². The fourth-order valence-electron chi connectivity index (χ4n) is 2.40. The highest BCUT2D eigenvalue weighted by molar-refractivity contribution is 5.36. The molecule has 0 saturated carbocycles. The minimum atomic E-state index is -4.30. The normalized spacial score (nSPS) is 13.2. The van der Waals surface area contributed by atoms with E-state index in [1.54, 1.807) is 12.1 Å². The fraction of sp³-hybridized carbons (Fsp3) is 0.294. The molecule has 0 amide bonds. The summed E-state index contributed by atoms with van der Waals surface area (Å²) in [5, 5.41) is 0. The average molecular weight is 293 g/mol. The molecular formula is C17H18F3N. The standard InChI is InChI=1S/C17H18F3N/c1-12-2-4-13(5-3-12)16(10-11-21)14-6-8-15(9-7-14)17(18,19)20/h2-9,16H,10-11,21H2,1H3. The minimum Gasteiger partial charge on any atom is -0.330 e. The fourth-order valence-corrected chi connectivity index (χ4v) is 2.40. The molecule has 0 spiro atoms. The molecule has 0 aliphatic rings. The summed E-state index contributed by atoms with van der Waals surface area (Å²) in [5.74, 6) is 0.0258. The largest absolute Gasteiger partial charge is 0.416 e. The van der Waals surface area contributed by atoms with Crippen LogP contribution < -0.4 is 5.73 Å². The van der Waals surface area contributed by atoms with Crippen molar-refractivity contribution in [3.8, 4) is 0 Å². The Balaban J connectivity index is 2.32. The van der Waals surface area contributed by atoms with Crippen LogP contribution >= 0.6 is 0 Å². The summed E-state index contributed by atoms with van der Waals surface area (Å²) in [6, 6.07) is 13.4. The number of hydrogen-bond donors (Lipinski definition) is 1. The Hall–Kier alpha value is -1.81. The molecule has 112 valence electrons. The maximum absolute atomic E-state index is 12.6. The van der Waals surface area contributed by atoms with Crippen LogP contribution in [0.5, 0.6) is 0 Å². The average Bonchev–Trinajstić information content (AvgIpc) is 2.45. The summed E-state index contributed by atoms with van der Waals surface area (Å²) in [6.07, 6.45) is -3.60. The monoisotopic (exact) mass is 293 g/mol. The van der Waals surface area contributed by atoms with Crippen molar-refractivity contribution in [2.24, 2.45) is 5.73 Å². The first-order valence-corrected chi connectivity index (χ1v) is 6.85. The van der Waals surface area contributed by atoms with E-state index in [2.05, 4.69) is 0 Å². The highest BCUT2D eigenvalue weighted by Crippen LogP contribution is 2.32. The summed E-state index contributed by atoms with van der Waals surface area (Å²) >= 11 is 0. The number of nitrogens with two attached hydrogens (primary N) is 1. The van der Waals surface area contributed by atoms with E-state index in [4.69, 9.17) is 5.73 Å². The van der Waals surface area contributed by atoms with Crippen LogP contribution in [-0.4, -0.2) is 6.54 Å². The summed E-state index contributed by atoms with van der Waals surface area (Å²) in [7, 11) is 0. The summed E-state index contributed by atoms with van der Waals surface area (Å²) in [4.78, 5) is 0. The maximum atomic E-state index is 12.6. The van der Waals surface area contributed by atoms with E-state index < -0.39 is 11.7 Å². The lowest BCUT2D eigenvalue weighted by atomic mass is 9.88. The van der Waals surface area contributed by atoms with Crippen molar-refractivity contribution in [3.63, 3.8) is 0 Å². The van der Waals surface area contributed by atoms with Gasteiger partial charge in [0, 0.05) is 5.92 Å². The highest BCUT2D eigenvalue weighted by Gasteiger charge is 2.30. The van der Waals surface area contributed by atoms with Gasteiger partial charge in [-0.1, -0.05) is 42.0 Å². The van der Waals surface area contributed by atoms with Gasteiger partial charge >= 0.3 is 6.18 Å². The molecule has 0 aliphatic carbocycles. The van der Waals surface area contributed by atoms with Crippen molar-refractivity contribution >= 4 is 0 Å². The van der Waals surface area contributed by atoms with Crippen LogP contribution in [0.4, 0.5) is 13.2 Å². The second kappa shape index (κ2) is 6.31. The Labute approximate surface area is 122 Å². The first-order valence-electron chi connectivity index (χ1n) is 6.85. The van der Waals surface area contributed by atoms with Gasteiger partial charge in [0.15, 0.2) is 0 Å². The molecule has 2 N–H and O–H groups in total. The van der Waals surface area contributed by atoms with Crippen LogP contribution in [0.2, 0.25) is 0 Å². The maximum Gasteiger partial charge on any atom is 0.416 e. The lowest BCUT2D eigenvalue weighted by Crippen LogP contribution is -2.10. The number of benzene rings is 2. The predicted molar refractivity (Wildman–Crippen MR) is 78.1 cm³/mol. The Morgan fingerprint density at radius 3 is 1.81 bits per heavy atom. The van der Waals surface area contributed by atoms with Crippen LogP contribution in [0.25, 0.3) is 0 Å². The Morgan fingerprint density at radius 2 is 1.38 bits per heavy atom. The van der Waals surface area contributed by atoms with Crippen LogP contribution in [0.3, 0.4) is 0 Å². The second-order valence-corrected chi connectivity index (χ2v) is 5.16. The van der Waals surface area contributed by atoms with Gasteiger partial charge in [0.05, 0.1) is 5.56 Å². The third-order valence-electron chi connectivity index (χ3n) is 3.58. The Morgan fingerprint density at radius 1 is 0.905 bits per heavy atom. The number of halogens is 3. The van der Waals surface area contributed by atoms with Gasteiger partial charge in [-0.3, -0.25) is 0 Å². The third kappa shape index (κ3) is 3.85. The van der Waals surface area contributed by atoms with Crippen molar-refractivity contribution in [1.82, 2.24) is 0 Å².